The van der Waals surface area contributed by atoms with Crippen molar-refractivity contribution in [3.05, 3.63) is 42.5 Å². The summed E-state index contributed by atoms with van der Waals surface area (Å²) in [7, 11) is 0. The van der Waals surface area contributed by atoms with Crippen LogP contribution >= 0.6 is 0 Å². The third-order valence-electron chi connectivity index (χ3n) is 5.25. The Morgan fingerprint density at radius 1 is 1.06 bits per heavy atom. The summed E-state index contributed by atoms with van der Waals surface area (Å²) in [6, 6.07) is 2.59. The second-order valence-electron chi connectivity index (χ2n) is 9.09. The fourth-order valence-electron chi connectivity index (χ4n) is 3.44. The Kier molecular flexibility index (Phi) is 7.98. The van der Waals surface area contributed by atoms with Crippen molar-refractivity contribution in [2.24, 2.45) is 11.8 Å². The Balaban J connectivity index is 1.84. The van der Waals surface area contributed by atoms with Gasteiger partial charge >= 0.3 is 6.18 Å². The Morgan fingerprint density at radius 2 is 1.80 bits per heavy atom. The molecule has 0 radical (unpaired) electrons. The summed E-state index contributed by atoms with van der Waals surface area (Å²) >= 11 is 0. The van der Waals surface area contributed by atoms with Crippen molar-refractivity contribution in [3.8, 4) is 11.1 Å². The van der Waals surface area contributed by atoms with Crippen LogP contribution in [0.3, 0.4) is 0 Å². The van der Waals surface area contributed by atoms with Gasteiger partial charge in [0.25, 0.3) is 5.91 Å². The summed E-state index contributed by atoms with van der Waals surface area (Å²) in [5.74, 6) is -0.949. The van der Waals surface area contributed by atoms with Crippen LogP contribution in [-0.4, -0.2) is 52.1 Å². The van der Waals surface area contributed by atoms with Crippen LogP contribution in [0.2, 0.25) is 0 Å². The van der Waals surface area contributed by atoms with Gasteiger partial charge in [0.1, 0.15) is 18.2 Å². The zero-order valence-corrected chi connectivity index (χ0v) is 20.0. The van der Waals surface area contributed by atoms with Crippen molar-refractivity contribution in [2.75, 3.05) is 18.4 Å². The quantitative estimate of drug-likeness (QED) is 0.361. The SMILES string of the molecule is CC(C)CNC(=O)c1cnc2[nH]cc(-c3cncc(NC(C(=O)NCC(F)(F)F)C(C)C)c3)c2c1. The second-order valence-corrected chi connectivity index (χ2v) is 9.09. The fourth-order valence-corrected chi connectivity index (χ4v) is 3.44. The minimum Gasteiger partial charge on any atom is -0.372 e. The minimum atomic E-state index is -4.49. The molecule has 188 valence electrons. The maximum atomic E-state index is 12.5. The molecule has 3 heterocycles. The van der Waals surface area contributed by atoms with Gasteiger partial charge in [0.15, 0.2) is 0 Å². The van der Waals surface area contributed by atoms with Gasteiger partial charge < -0.3 is 20.9 Å². The number of hydrogen-bond donors (Lipinski definition) is 4. The highest BCUT2D eigenvalue weighted by Gasteiger charge is 2.30. The normalized spacial score (nSPS) is 12.7. The van der Waals surface area contributed by atoms with Crippen LogP contribution in [0.25, 0.3) is 22.2 Å². The lowest BCUT2D eigenvalue weighted by molar-refractivity contribution is -0.139. The van der Waals surface area contributed by atoms with E-state index in [-0.39, 0.29) is 11.8 Å². The number of fused-ring (bicyclic) bond motifs is 1. The van der Waals surface area contributed by atoms with Crippen LogP contribution in [-0.2, 0) is 4.79 Å². The molecule has 3 aromatic rings. The predicted octanol–water partition coefficient (Wildman–Crippen LogP) is 4.13. The standard InChI is InChI=1S/C24H29F3N6O2/c1-13(2)7-31-22(34)16-6-18-19(11-30-21(18)29-9-16)15-5-17(10-28-8-15)33-20(14(3)4)23(35)32-12-24(25,26)27/h5-6,8-11,13-14,20,33H,7,12H2,1-4H3,(H,29,30)(H,31,34)(H,32,35). The molecule has 4 N–H and O–H groups in total. The number of pyridine rings is 2. The zero-order valence-electron chi connectivity index (χ0n) is 20.0. The molecule has 11 heteroatoms. The summed E-state index contributed by atoms with van der Waals surface area (Å²) in [6.45, 7) is 6.62. The number of nitrogens with one attached hydrogen (secondary N) is 4. The van der Waals surface area contributed by atoms with Crippen molar-refractivity contribution in [3.63, 3.8) is 0 Å². The van der Waals surface area contributed by atoms with Gasteiger partial charge in [0.2, 0.25) is 5.91 Å². The highest BCUT2D eigenvalue weighted by atomic mass is 19.4. The number of carbonyl (C=O) groups excluding carboxylic acids is 2. The van der Waals surface area contributed by atoms with Crippen molar-refractivity contribution in [1.82, 2.24) is 25.6 Å². The van der Waals surface area contributed by atoms with E-state index in [0.29, 0.717) is 40.3 Å². The van der Waals surface area contributed by atoms with Crippen molar-refractivity contribution in [1.29, 1.82) is 0 Å². The van der Waals surface area contributed by atoms with E-state index in [1.165, 1.54) is 12.4 Å². The first kappa shape index (κ1) is 26.0. The lowest BCUT2D eigenvalue weighted by Crippen LogP contribution is -2.46. The molecular weight excluding hydrogens is 461 g/mol. The van der Waals surface area contributed by atoms with Gasteiger partial charge in [-0.3, -0.25) is 14.6 Å². The number of carbonyl (C=O) groups is 2. The summed E-state index contributed by atoms with van der Waals surface area (Å²) in [5.41, 5.74) is 2.90. The Hall–Kier alpha value is -3.63. The molecular formula is C24H29F3N6O2. The van der Waals surface area contributed by atoms with Crippen molar-refractivity contribution in [2.45, 2.75) is 39.9 Å². The first-order valence-corrected chi connectivity index (χ1v) is 11.3. The van der Waals surface area contributed by atoms with Gasteiger partial charge in [-0.1, -0.05) is 27.7 Å². The molecule has 3 rings (SSSR count). The van der Waals surface area contributed by atoms with Gasteiger partial charge in [0, 0.05) is 47.8 Å². The number of aromatic amines is 1. The smallest absolute Gasteiger partial charge is 0.372 e. The third kappa shape index (κ3) is 6.93. The van der Waals surface area contributed by atoms with Gasteiger partial charge in [-0.2, -0.15) is 13.2 Å². The molecule has 2 amide bonds. The van der Waals surface area contributed by atoms with E-state index in [4.69, 9.17) is 0 Å². The number of anilines is 1. The van der Waals surface area contributed by atoms with Crippen LogP contribution in [0.1, 0.15) is 38.1 Å². The molecule has 1 atom stereocenters. The molecule has 0 aliphatic carbocycles. The average molecular weight is 491 g/mol. The first-order valence-electron chi connectivity index (χ1n) is 11.3. The topological polar surface area (TPSA) is 112 Å². The molecule has 0 spiro atoms. The molecule has 3 aromatic heterocycles. The van der Waals surface area contributed by atoms with Crippen LogP contribution in [0.5, 0.6) is 0 Å². The van der Waals surface area contributed by atoms with Gasteiger partial charge in [-0.15, -0.1) is 0 Å². The van der Waals surface area contributed by atoms with Crippen LogP contribution in [0, 0.1) is 11.8 Å². The van der Waals surface area contributed by atoms with E-state index in [9.17, 15) is 22.8 Å². The molecule has 0 fully saturated rings. The highest BCUT2D eigenvalue weighted by Crippen LogP contribution is 2.30. The molecule has 0 saturated carbocycles. The number of hydrogen-bond acceptors (Lipinski definition) is 5. The zero-order chi connectivity index (χ0) is 25.8. The maximum Gasteiger partial charge on any atom is 0.405 e. The molecule has 0 aromatic carbocycles. The van der Waals surface area contributed by atoms with E-state index in [2.05, 4.69) is 25.6 Å². The fraction of sp³-hybridized carbons (Fsp3) is 0.417. The summed E-state index contributed by atoms with van der Waals surface area (Å²) in [6.07, 6.45) is 1.86. The summed E-state index contributed by atoms with van der Waals surface area (Å²) in [5, 5.41) is 8.50. The highest BCUT2D eigenvalue weighted by molar-refractivity contribution is 6.01. The third-order valence-corrected chi connectivity index (χ3v) is 5.25. The largest absolute Gasteiger partial charge is 0.405 e. The lowest BCUT2D eigenvalue weighted by atomic mass is 10.0. The number of H-pyrrole nitrogens is 1. The molecule has 1 unspecified atom stereocenters. The number of rotatable bonds is 9. The minimum absolute atomic E-state index is 0.224. The monoisotopic (exact) mass is 490 g/mol. The molecule has 0 aliphatic rings. The van der Waals surface area contributed by atoms with E-state index in [0.717, 1.165) is 5.56 Å². The maximum absolute atomic E-state index is 12.5. The van der Waals surface area contributed by atoms with Crippen LogP contribution < -0.4 is 16.0 Å². The molecule has 0 aliphatic heterocycles. The van der Waals surface area contributed by atoms with Gasteiger partial charge in [-0.25, -0.2) is 4.98 Å². The average Bonchev–Trinajstić information content (AvgIpc) is 3.22. The second kappa shape index (κ2) is 10.7. The van der Waals surface area contributed by atoms with Crippen molar-refractivity contribution < 1.29 is 22.8 Å². The van der Waals surface area contributed by atoms with E-state index < -0.39 is 24.7 Å². The Labute approximate surface area is 201 Å². The Bertz CT molecular complexity index is 1190. The van der Waals surface area contributed by atoms with Crippen LogP contribution in [0.15, 0.2) is 36.9 Å². The lowest BCUT2D eigenvalue weighted by Gasteiger charge is -2.23. The number of aromatic nitrogens is 3. The van der Waals surface area contributed by atoms with Gasteiger partial charge in [-0.05, 0) is 24.0 Å². The molecule has 35 heavy (non-hydrogen) atoms. The van der Waals surface area contributed by atoms with E-state index in [1.54, 1.807) is 38.4 Å². The number of alkyl halides is 3. The number of halogens is 3. The van der Waals surface area contributed by atoms with E-state index in [1.807, 2.05) is 19.2 Å². The predicted molar refractivity (Wildman–Crippen MR) is 128 cm³/mol. The summed E-state index contributed by atoms with van der Waals surface area (Å²) < 4.78 is 37.6. The van der Waals surface area contributed by atoms with Gasteiger partial charge in [0.05, 0.1) is 11.3 Å². The van der Waals surface area contributed by atoms with E-state index >= 15 is 0 Å². The molecule has 8 nitrogen and oxygen atoms in total. The first-order chi connectivity index (χ1) is 16.4. The summed E-state index contributed by atoms with van der Waals surface area (Å²) in [4.78, 5) is 36.5. The molecule has 0 bridgehead atoms. The van der Waals surface area contributed by atoms with Crippen molar-refractivity contribution >= 4 is 28.5 Å². The number of nitrogens with zero attached hydrogens (tertiary/aromatic N) is 2. The van der Waals surface area contributed by atoms with Crippen LogP contribution in [0.4, 0.5) is 18.9 Å². The molecule has 0 saturated heterocycles. The number of amides is 2. The Morgan fingerprint density at radius 3 is 2.46 bits per heavy atom.